The first-order valence-corrected chi connectivity index (χ1v) is 7.06. The van der Waals surface area contributed by atoms with Crippen molar-refractivity contribution in [2.75, 3.05) is 18.6 Å². The van der Waals surface area contributed by atoms with Crippen molar-refractivity contribution in [2.24, 2.45) is 0 Å². The largest absolute Gasteiger partial charge is 0.313 e. The molecule has 0 bridgehead atoms. The second kappa shape index (κ2) is 7.25. The van der Waals surface area contributed by atoms with Crippen LogP contribution in [-0.4, -0.2) is 18.6 Å². The van der Waals surface area contributed by atoms with Crippen molar-refractivity contribution in [3.63, 3.8) is 0 Å². The minimum absolute atomic E-state index is 0.151. The van der Waals surface area contributed by atoms with Crippen molar-refractivity contribution in [1.29, 1.82) is 0 Å². The Labute approximate surface area is 103 Å². The molecule has 84 valence electrons. The van der Waals surface area contributed by atoms with E-state index in [-0.39, 0.29) is 5.82 Å². The van der Waals surface area contributed by atoms with Gasteiger partial charge in [0.2, 0.25) is 0 Å². The Kier molecular flexibility index (Phi) is 6.29. The minimum Gasteiger partial charge on any atom is -0.313 e. The average Bonchev–Trinajstić information content (AvgIpc) is 2.20. The van der Waals surface area contributed by atoms with Crippen LogP contribution >= 0.6 is 27.7 Å². The molecule has 0 atom stereocenters. The molecular weight excluding hydrogens is 277 g/mol. The number of rotatable bonds is 6. The molecule has 1 rings (SSSR count). The number of thioether (sulfide) groups is 1. The molecule has 1 N–H and O–H groups in total. The van der Waals surface area contributed by atoms with E-state index in [0.29, 0.717) is 6.54 Å². The first-order chi connectivity index (χ1) is 7.24. The van der Waals surface area contributed by atoms with Crippen LogP contribution in [0.4, 0.5) is 4.39 Å². The highest BCUT2D eigenvalue weighted by Crippen LogP contribution is 2.14. The molecule has 0 saturated heterocycles. The fourth-order valence-electron chi connectivity index (χ4n) is 1.23. The lowest BCUT2D eigenvalue weighted by molar-refractivity contribution is 0.586. The molecule has 0 aliphatic carbocycles. The molecule has 0 unspecified atom stereocenters. The average molecular weight is 292 g/mol. The monoisotopic (exact) mass is 291 g/mol. The van der Waals surface area contributed by atoms with E-state index in [9.17, 15) is 4.39 Å². The van der Waals surface area contributed by atoms with E-state index in [0.717, 1.165) is 28.8 Å². The highest BCUT2D eigenvalue weighted by Gasteiger charge is 2.01. The van der Waals surface area contributed by atoms with Gasteiger partial charge in [-0.3, -0.25) is 0 Å². The van der Waals surface area contributed by atoms with Gasteiger partial charge in [0.25, 0.3) is 0 Å². The summed E-state index contributed by atoms with van der Waals surface area (Å²) in [6, 6.07) is 5.17. The van der Waals surface area contributed by atoms with Gasteiger partial charge in [-0.15, -0.1) is 0 Å². The van der Waals surface area contributed by atoms with Crippen molar-refractivity contribution in [3.8, 4) is 0 Å². The summed E-state index contributed by atoms with van der Waals surface area (Å²) in [5.74, 6) is 0.997. The van der Waals surface area contributed by atoms with Gasteiger partial charge in [-0.1, -0.05) is 22.0 Å². The van der Waals surface area contributed by atoms with Crippen LogP contribution in [-0.2, 0) is 6.54 Å². The Balaban J connectivity index is 2.31. The van der Waals surface area contributed by atoms with E-state index >= 15 is 0 Å². The second-order valence-electron chi connectivity index (χ2n) is 3.26. The summed E-state index contributed by atoms with van der Waals surface area (Å²) in [5, 5.41) is 3.23. The Bertz CT molecular complexity index is 307. The number of hydrogen-bond donors (Lipinski definition) is 1. The first-order valence-electron chi connectivity index (χ1n) is 4.87. The van der Waals surface area contributed by atoms with Crippen LogP contribution in [0.2, 0.25) is 0 Å². The molecule has 1 aromatic carbocycles. The Hall–Kier alpha value is -0.0600. The Morgan fingerprint density at radius 1 is 1.47 bits per heavy atom. The topological polar surface area (TPSA) is 12.0 Å². The highest BCUT2D eigenvalue weighted by molar-refractivity contribution is 9.10. The summed E-state index contributed by atoms with van der Waals surface area (Å²) in [6.45, 7) is 1.55. The van der Waals surface area contributed by atoms with Gasteiger partial charge in [-0.25, -0.2) is 4.39 Å². The quantitative estimate of drug-likeness (QED) is 0.806. The van der Waals surface area contributed by atoms with Crippen LogP contribution in [0.5, 0.6) is 0 Å². The minimum atomic E-state index is -0.151. The molecule has 0 aliphatic rings. The standard InChI is InChI=1S/C11H15BrFNS/c1-15-6-2-5-14-8-9-3-4-10(12)7-11(9)13/h3-4,7,14H,2,5-6,8H2,1H3. The van der Waals surface area contributed by atoms with Gasteiger partial charge in [0.1, 0.15) is 5.82 Å². The molecule has 15 heavy (non-hydrogen) atoms. The number of nitrogens with one attached hydrogen (secondary N) is 1. The summed E-state index contributed by atoms with van der Waals surface area (Å²) >= 11 is 5.07. The van der Waals surface area contributed by atoms with Crippen LogP contribution in [0, 0.1) is 5.82 Å². The summed E-state index contributed by atoms with van der Waals surface area (Å²) in [4.78, 5) is 0. The van der Waals surface area contributed by atoms with Crippen LogP contribution in [0.3, 0.4) is 0 Å². The number of benzene rings is 1. The van der Waals surface area contributed by atoms with Gasteiger partial charge >= 0.3 is 0 Å². The summed E-state index contributed by atoms with van der Waals surface area (Å²) in [5.41, 5.74) is 0.724. The molecule has 0 aliphatic heterocycles. The molecule has 0 saturated carbocycles. The maximum absolute atomic E-state index is 13.4. The molecule has 0 aromatic heterocycles. The van der Waals surface area contributed by atoms with Gasteiger partial charge in [-0.2, -0.15) is 11.8 Å². The van der Waals surface area contributed by atoms with Crippen LogP contribution < -0.4 is 5.32 Å². The summed E-state index contributed by atoms with van der Waals surface area (Å²) in [6.07, 6.45) is 3.22. The van der Waals surface area contributed by atoms with Crippen molar-refractivity contribution >= 4 is 27.7 Å². The van der Waals surface area contributed by atoms with Crippen molar-refractivity contribution < 1.29 is 4.39 Å². The van der Waals surface area contributed by atoms with Crippen LogP contribution in [0.15, 0.2) is 22.7 Å². The maximum Gasteiger partial charge on any atom is 0.128 e. The lowest BCUT2D eigenvalue weighted by atomic mass is 10.2. The van der Waals surface area contributed by atoms with Crippen molar-refractivity contribution in [3.05, 3.63) is 34.1 Å². The number of halogens is 2. The van der Waals surface area contributed by atoms with Crippen molar-refractivity contribution in [2.45, 2.75) is 13.0 Å². The molecule has 0 heterocycles. The zero-order chi connectivity index (χ0) is 11.1. The third kappa shape index (κ3) is 5.00. The normalized spacial score (nSPS) is 10.6. The molecule has 0 radical (unpaired) electrons. The van der Waals surface area contributed by atoms with Crippen LogP contribution in [0.1, 0.15) is 12.0 Å². The molecule has 0 fully saturated rings. The smallest absolute Gasteiger partial charge is 0.128 e. The van der Waals surface area contributed by atoms with Crippen LogP contribution in [0.25, 0.3) is 0 Å². The third-order valence-corrected chi connectivity index (χ3v) is 3.22. The predicted molar refractivity (Wildman–Crippen MR) is 68.8 cm³/mol. The Morgan fingerprint density at radius 2 is 2.27 bits per heavy atom. The van der Waals surface area contributed by atoms with E-state index in [1.54, 1.807) is 6.07 Å². The van der Waals surface area contributed by atoms with Gasteiger partial charge in [0.15, 0.2) is 0 Å². The van der Waals surface area contributed by atoms with Gasteiger partial charge < -0.3 is 5.32 Å². The predicted octanol–water partition coefficient (Wildman–Crippen LogP) is 3.43. The fourth-order valence-corrected chi connectivity index (χ4v) is 2.00. The number of hydrogen-bond acceptors (Lipinski definition) is 2. The third-order valence-electron chi connectivity index (χ3n) is 2.03. The molecule has 1 nitrogen and oxygen atoms in total. The van der Waals surface area contributed by atoms with E-state index in [1.807, 2.05) is 17.8 Å². The maximum atomic E-state index is 13.4. The summed E-state index contributed by atoms with van der Waals surface area (Å²) in [7, 11) is 0. The highest BCUT2D eigenvalue weighted by atomic mass is 79.9. The van der Waals surface area contributed by atoms with Crippen molar-refractivity contribution in [1.82, 2.24) is 5.32 Å². The van der Waals surface area contributed by atoms with E-state index < -0.39 is 0 Å². The molecular formula is C11H15BrFNS. The lowest BCUT2D eigenvalue weighted by Crippen LogP contribution is -2.16. The second-order valence-corrected chi connectivity index (χ2v) is 5.16. The van der Waals surface area contributed by atoms with E-state index in [2.05, 4.69) is 27.5 Å². The Morgan fingerprint density at radius 3 is 2.93 bits per heavy atom. The molecule has 4 heteroatoms. The zero-order valence-electron chi connectivity index (χ0n) is 8.72. The van der Waals surface area contributed by atoms with E-state index in [1.165, 1.54) is 6.07 Å². The molecule has 0 spiro atoms. The summed E-state index contributed by atoms with van der Waals surface area (Å²) < 4.78 is 14.1. The fraction of sp³-hybridized carbons (Fsp3) is 0.455. The first kappa shape index (κ1) is 13.0. The SMILES string of the molecule is CSCCCNCc1ccc(Br)cc1F. The van der Waals surface area contributed by atoms with Gasteiger partial charge in [-0.05, 0) is 37.1 Å². The molecule has 0 amide bonds. The van der Waals surface area contributed by atoms with E-state index in [4.69, 9.17) is 0 Å². The molecule has 1 aromatic rings. The van der Waals surface area contributed by atoms with Gasteiger partial charge in [0.05, 0.1) is 0 Å². The zero-order valence-corrected chi connectivity index (χ0v) is 11.1. The lowest BCUT2D eigenvalue weighted by Gasteiger charge is -2.05. The van der Waals surface area contributed by atoms with Gasteiger partial charge in [0, 0.05) is 16.6 Å².